The molecule has 0 spiro atoms. The van der Waals surface area contributed by atoms with Crippen LogP contribution in [0.2, 0.25) is 0 Å². The van der Waals surface area contributed by atoms with E-state index >= 15 is 0 Å². The van der Waals surface area contributed by atoms with E-state index in [0.29, 0.717) is 11.7 Å². The summed E-state index contributed by atoms with van der Waals surface area (Å²) >= 11 is 0. The molecule has 0 bridgehead atoms. The second-order valence-electron chi connectivity index (χ2n) is 4.41. The summed E-state index contributed by atoms with van der Waals surface area (Å²) in [4.78, 5) is 23.2. The van der Waals surface area contributed by atoms with Crippen LogP contribution in [0.1, 0.15) is 24.6 Å². The van der Waals surface area contributed by atoms with E-state index in [4.69, 9.17) is 5.73 Å². The number of nitrogens with zero attached hydrogens (tertiary/aromatic N) is 2. The molecule has 2 aliphatic rings. The summed E-state index contributed by atoms with van der Waals surface area (Å²) in [6, 6.07) is 1.55. The molecule has 7 nitrogen and oxygen atoms in total. The Morgan fingerprint density at radius 2 is 2.22 bits per heavy atom. The van der Waals surface area contributed by atoms with E-state index < -0.39 is 17.5 Å². The number of hydrogen-bond donors (Lipinski definition) is 3. The zero-order chi connectivity index (χ0) is 12.0. The minimum absolute atomic E-state index is 0. The Labute approximate surface area is 109 Å². The van der Waals surface area contributed by atoms with Gasteiger partial charge in [-0.05, 0) is 18.9 Å². The van der Waals surface area contributed by atoms with Gasteiger partial charge in [0.2, 0.25) is 0 Å². The minimum atomic E-state index is -1.17. The van der Waals surface area contributed by atoms with Crippen LogP contribution in [0.4, 0.5) is 4.79 Å². The van der Waals surface area contributed by atoms with Crippen molar-refractivity contribution in [3.05, 3.63) is 18.0 Å². The first-order valence-corrected chi connectivity index (χ1v) is 5.55. The standard InChI is InChI=1S/C10H13N5O2.ClH/c11-5-10(8(16)13-9(17)14-10)7-3-4-12-15(7)6-1-2-6;/h3-4,6H,1-2,5,11H2,(H2,13,14,16,17);1H/t10-;/m1./s1. The third-order valence-electron chi connectivity index (χ3n) is 3.25. The molecule has 98 valence electrons. The molecule has 1 aliphatic heterocycles. The number of hydrogen-bond acceptors (Lipinski definition) is 4. The van der Waals surface area contributed by atoms with Gasteiger partial charge in [-0.15, -0.1) is 12.4 Å². The number of rotatable bonds is 3. The van der Waals surface area contributed by atoms with Crippen molar-refractivity contribution in [2.24, 2.45) is 5.73 Å². The third kappa shape index (κ3) is 1.67. The second kappa shape index (κ2) is 4.25. The Morgan fingerprint density at radius 3 is 2.72 bits per heavy atom. The predicted molar refractivity (Wildman–Crippen MR) is 65.2 cm³/mol. The molecule has 0 aromatic carbocycles. The number of halogens is 1. The molecule has 8 heteroatoms. The first-order valence-electron chi connectivity index (χ1n) is 5.55. The zero-order valence-corrected chi connectivity index (χ0v) is 10.4. The van der Waals surface area contributed by atoms with Gasteiger partial charge in [-0.3, -0.25) is 14.8 Å². The van der Waals surface area contributed by atoms with E-state index in [1.54, 1.807) is 16.9 Å². The van der Waals surface area contributed by atoms with Crippen molar-refractivity contribution in [2.75, 3.05) is 6.54 Å². The predicted octanol–water partition coefficient (Wildman–Crippen LogP) is -0.367. The summed E-state index contributed by atoms with van der Waals surface area (Å²) in [7, 11) is 0. The summed E-state index contributed by atoms with van der Waals surface area (Å²) in [6.07, 6.45) is 3.72. The van der Waals surface area contributed by atoms with Crippen LogP contribution in [0.15, 0.2) is 12.3 Å². The Hall–Kier alpha value is -1.60. The van der Waals surface area contributed by atoms with Gasteiger partial charge in [0.1, 0.15) is 0 Å². The van der Waals surface area contributed by atoms with Crippen molar-refractivity contribution >= 4 is 24.3 Å². The largest absolute Gasteiger partial charge is 0.327 e. The molecule has 2 fully saturated rings. The average molecular weight is 272 g/mol. The first-order chi connectivity index (χ1) is 8.17. The van der Waals surface area contributed by atoms with Gasteiger partial charge in [-0.1, -0.05) is 0 Å². The third-order valence-corrected chi connectivity index (χ3v) is 3.25. The molecule has 1 aliphatic carbocycles. The number of aromatic nitrogens is 2. The van der Waals surface area contributed by atoms with Crippen molar-refractivity contribution in [2.45, 2.75) is 24.4 Å². The van der Waals surface area contributed by atoms with Gasteiger partial charge in [0.25, 0.3) is 5.91 Å². The van der Waals surface area contributed by atoms with Crippen LogP contribution in [0.25, 0.3) is 0 Å². The van der Waals surface area contributed by atoms with Gasteiger partial charge in [0.05, 0.1) is 11.7 Å². The van der Waals surface area contributed by atoms with Gasteiger partial charge >= 0.3 is 6.03 Å². The molecule has 1 aromatic heterocycles. The fourth-order valence-electron chi connectivity index (χ4n) is 2.18. The lowest BCUT2D eigenvalue weighted by Crippen LogP contribution is -2.51. The van der Waals surface area contributed by atoms with Crippen molar-refractivity contribution < 1.29 is 9.59 Å². The molecule has 2 heterocycles. The van der Waals surface area contributed by atoms with Crippen LogP contribution < -0.4 is 16.4 Å². The van der Waals surface area contributed by atoms with Crippen LogP contribution in [0.3, 0.4) is 0 Å². The Bertz CT molecular complexity index is 498. The highest BCUT2D eigenvalue weighted by Gasteiger charge is 2.49. The van der Waals surface area contributed by atoms with Crippen LogP contribution in [-0.2, 0) is 10.3 Å². The number of nitrogens with two attached hydrogens (primary N) is 1. The van der Waals surface area contributed by atoms with Gasteiger partial charge in [0, 0.05) is 12.7 Å². The maximum Gasteiger partial charge on any atom is 0.322 e. The molecule has 1 aromatic rings. The van der Waals surface area contributed by atoms with E-state index in [2.05, 4.69) is 15.7 Å². The number of urea groups is 1. The molecule has 18 heavy (non-hydrogen) atoms. The molecule has 3 rings (SSSR count). The molecule has 0 radical (unpaired) electrons. The van der Waals surface area contributed by atoms with Gasteiger partial charge in [-0.25, -0.2) is 4.79 Å². The summed E-state index contributed by atoms with van der Waals surface area (Å²) in [5.74, 6) is -0.410. The van der Waals surface area contributed by atoms with Crippen LogP contribution in [0, 0.1) is 0 Å². The van der Waals surface area contributed by atoms with Crippen molar-refractivity contribution in [3.8, 4) is 0 Å². The Kier molecular flexibility index (Phi) is 3.04. The van der Waals surface area contributed by atoms with E-state index in [-0.39, 0.29) is 19.0 Å². The number of carbonyl (C=O) groups excluding carboxylic acids is 2. The van der Waals surface area contributed by atoms with E-state index in [1.165, 1.54) is 0 Å². The van der Waals surface area contributed by atoms with E-state index in [9.17, 15) is 9.59 Å². The highest BCUT2D eigenvalue weighted by molar-refractivity contribution is 6.07. The van der Waals surface area contributed by atoms with Crippen LogP contribution in [-0.4, -0.2) is 28.3 Å². The maximum atomic E-state index is 11.9. The summed E-state index contributed by atoms with van der Waals surface area (Å²) in [5, 5.41) is 9.04. The van der Waals surface area contributed by atoms with E-state index in [1.807, 2.05) is 0 Å². The van der Waals surface area contributed by atoms with Gasteiger partial charge in [0.15, 0.2) is 5.54 Å². The molecule has 1 saturated heterocycles. The SMILES string of the molecule is Cl.NC[C@]1(c2ccnn2C2CC2)NC(=O)NC1=O. The fraction of sp³-hybridized carbons (Fsp3) is 0.500. The quantitative estimate of drug-likeness (QED) is 0.653. The number of carbonyl (C=O) groups is 2. The molecule has 0 unspecified atom stereocenters. The number of imide groups is 1. The lowest BCUT2D eigenvalue weighted by atomic mass is 9.95. The van der Waals surface area contributed by atoms with Crippen molar-refractivity contribution in [1.29, 1.82) is 0 Å². The summed E-state index contributed by atoms with van der Waals surface area (Å²) in [6.45, 7) is 0.0169. The van der Waals surface area contributed by atoms with Gasteiger partial charge < -0.3 is 11.1 Å². The number of amides is 3. The zero-order valence-electron chi connectivity index (χ0n) is 9.55. The lowest BCUT2D eigenvalue weighted by molar-refractivity contribution is -0.124. The molecule has 4 N–H and O–H groups in total. The van der Waals surface area contributed by atoms with Gasteiger partial charge in [-0.2, -0.15) is 5.10 Å². The molecule has 3 amide bonds. The maximum absolute atomic E-state index is 11.9. The minimum Gasteiger partial charge on any atom is -0.327 e. The molecular formula is C10H14ClN5O2. The smallest absolute Gasteiger partial charge is 0.322 e. The molecule has 1 saturated carbocycles. The van der Waals surface area contributed by atoms with E-state index in [0.717, 1.165) is 12.8 Å². The Morgan fingerprint density at radius 1 is 1.50 bits per heavy atom. The van der Waals surface area contributed by atoms with Crippen molar-refractivity contribution in [3.63, 3.8) is 0 Å². The fourth-order valence-corrected chi connectivity index (χ4v) is 2.18. The highest BCUT2D eigenvalue weighted by Crippen LogP contribution is 2.37. The topological polar surface area (TPSA) is 102 Å². The van der Waals surface area contributed by atoms with Crippen LogP contribution in [0.5, 0.6) is 0 Å². The van der Waals surface area contributed by atoms with Crippen LogP contribution >= 0.6 is 12.4 Å². The number of nitrogens with one attached hydrogen (secondary N) is 2. The summed E-state index contributed by atoms with van der Waals surface area (Å²) in [5.41, 5.74) is 5.17. The van der Waals surface area contributed by atoms with Crippen molar-refractivity contribution in [1.82, 2.24) is 20.4 Å². The average Bonchev–Trinajstić information content (AvgIpc) is 2.95. The second-order valence-corrected chi connectivity index (χ2v) is 4.41. The highest BCUT2D eigenvalue weighted by atomic mass is 35.5. The monoisotopic (exact) mass is 271 g/mol. The summed E-state index contributed by atoms with van der Waals surface area (Å²) < 4.78 is 1.79. The lowest BCUT2D eigenvalue weighted by Gasteiger charge is -2.25. The molecule has 1 atom stereocenters. The first kappa shape index (κ1) is 12.8. The Balaban J connectivity index is 0.00000120. The normalized spacial score (nSPS) is 26.5. The molecular weight excluding hydrogens is 258 g/mol.